The van der Waals surface area contributed by atoms with Crippen molar-refractivity contribution >= 4 is 0 Å². The Morgan fingerprint density at radius 3 is 2.69 bits per heavy atom. The Labute approximate surface area is 97.7 Å². The average molecular weight is 216 g/mol. The average Bonchev–Trinajstić information content (AvgIpc) is 3.08. The van der Waals surface area contributed by atoms with Gasteiger partial charge in [-0.3, -0.25) is 0 Å². The Morgan fingerprint density at radius 1 is 1.19 bits per heavy atom. The minimum Gasteiger partial charge on any atom is -0.356 e. The van der Waals surface area contributed by atoms with E-state index >= 15 is 0 Å². The SMILES string of the molecule is C=C1NC2=C(CCCC2)N(CC2CC2)C1=C. The predicted octanol–water partition coefficient (Wildman–Crippen LogP) is 3.11. The molecule has 2 heteroatoms. The summed E-state index contributed by atoms with van der Waals surface area (Å²) in [6.45, 7) is 9.42. The predicted molar refractivity (Wildman–Crippen MR) is 66.3 cm³/mol. The lowest BCUT2D eigenvalue weighted by Gasteiger charge is -2.39. The zero-order valence-corrected chi connectivity index (χ0v) is 9.89. The number of rotatable bonds is 2. The van der Waals surface area contributed by atoms with Crippen LogP contribution < -0.4 is 5.32 Å². The molecule has 0 aromatic carbocycles. The second-order valence-electron chi connectivity index (χ2n) is 5.24. The minimum absolute atomic E-state index is 0.901. The quantitative estimate of drug-likeness (QED) is 0.763. The third-order valence-electron chi connectivity index (χ3n) is 3.88. The second-order valence-corrected chi connectivity index (χ2v) is 5.24. The van der Waals surface area contributed by atoms with E-state index in [4.69, 9.17) is 0 Å². The topological polar surface area (TPSA) is 15.3 Å². The van der Waals surface area contributed by atoms with Gasteiger partial charge >= 0.3 is 0 Å². The van der Waals surface area contributed by atoms with Crippen molar-refractivity contribution in [2.24, 2.45) is 5.92 Å². The summed E-state index contributed by atoms with van der Waals surface area (Å²) in [7, 11) is 0. The van der Waals surface area contributed by atoms with Crippen molar-refractivity contribution in [2.75, 3.05) is 6.54 Å². The Balaban J connectivity index is 1.89. The van der Waals surface area contributed by atoms with E-state index in [1.54, 1.807) is 0 Å². The van der Waals surface area contributed by atoms with Crippen molar-refractivity contribution in [1.29, 1.82) is 0 Å². The Bertz CT molecular complexity index is 374. The highest BCUT2D eigenvalue weighted by atomic mass is 15.2. The van der Waals surface area contributed by atoms with Crippen LogP contribution in [-0.4, -0.2) is 11.4 Å². The first-order valence-electron chi connectivity index (χ1n) is 6.40. The zero-order valence-electron chi connectivity index (χ0n) is 9.89. The van der Waals surface area contributed by atoms with E-state index in [1.165, 1.54) is 56.5 Å². The standard InChI is InChI=1S/C14H20N2/c1-10-11(2)16(9-12-7-8-12)14-6-4-3-5-13(14)15-10/h12,15H,1-9H2. The number of hydrogen-bond donors (Lipinski definition) is 1. The fourth-order valence-corrected chi connectivity index (χ4v) is 2.68. The Hall–Kier alpha value is -1.18. The van der Waals surface area contributed by atoms with Gasteiger partial charge in [-0.05, 0) is 44.4 Å². The fraction of sp³-hybridized carbons (Fsp3) is 0.571. The minimum atomic E-state index is 0.901. The van der Waals surface area contributed by atoms with Crippen LogP contribution in [0.4, 0.5) is 0 Å². The molecule has 0 amide bonds. The van der Waals surface area contributed by atoms with Crippen LogP contribution in [0.25, 0.3) is 0 Å². The number of allylic oxidation sites excluding steroid dienone is 2. The van der Waals surface area contributed by atoms with Gasteiger partial charge < -0.3 is 10.2 Å². The van der Waals surface area contributed by atoms with Gasteiger partial charge in [0.05, 0.1) is 11.4 Å². The molecule has 0 bridgehead atoms. The van der Waals surface area contributed by atoms with Crippen LogP contribution in [0.1, 0.15) is 38.5 Å². The zero-order chi connectivity index (χ0) is 11.1. The largest absolute Gasteiger partial charge is 0.356 e. The number of nitrogens with one attached hydrogen (secondary N) is 1. The molecule has 1 N–H and O–H groups in total. The highest BCUT2D eigenvalue weighted by Crippen LogP contribution is 2.38. The van der Waals surface area contributed by atoms with E-state index in [0.717, 1.165) is 17.3 Å². The summed E-state index contributed by atoms with van der Waals surface area (Å²) >= 11 is 0. The molecule has 0 spiro atoms. The highest BCUT2D eigenvalue weighted by Gasteiger charge is 2.31. The van der Waals surface area contributed by atoms with Gasteiger partial charge in [0.25, 0.3) is 0 Å². The van der Waals surface area contributed by atoms with Crippen molar-refractivity contribution in [1.82, 2.24) is 10.2 Å². The first kappa shape index (κ1) is 10.0. The van der Waals surface area contributed by atoms with Crippen molar-refractivity contribution in [3.8, 4) is 0 Å². The maximum absolute atomic E-state index is 4.18. The van der Waals surface area contributed by atoms with Crippen LogP contribution in [0.2, 0.25) is 0 Å². The van der Waals surface area contributed by atoms with Crippen LogP contribution in [0.3, 0.4) is 0 Å². The molecule has 86 valence electrons. The molecule has 3 aliphatic rings. The smallest absolute Gasteiger partial charge is 0.0568 e. The second kappa shape index (κ2) is 3.69. The molecular formula is C14H20N2. The molecule has 2 aliphatic carbocycles. The summed E-state index contributed by atoms with van der Waals surface area (Å²) in [5.74, 6) is 0.901. The summed E-state index contributed by atoms with van der Waals surface area (Å²) in [5, 5.41) is 3.44. The molecule has 0 radical (unpaired) electrons. The molecule has 16 heavy (non-hydrogen) atoms. The molecule has 0 unspecified atom stereocenters. The molecule has 0 saturated heterocycles. The van der Waals surface area contributed by atoms with Crippen LogP contribution in [0.5, 0.6) is 0 Å². The Kier molecular flexibility index (Phi) is 2.31. The summed E-state index contributed by atoms with van der Waals surface area (Å²) in [4.78, 5) is 2.44. The summed E-state index contributed by atoms with van der Waals surface area (Å²) in [5.41, 5.74) is 4.99. The number of nitrogens with zero attached hydrogens (tertiary/aromatic N) is 1. The van der Waals surface area contributed by atoms with Crippen molar-refractivity contribution in [3.63, 3.8) is 0 Å². The molecule has 1 saturated carbocycles. The van der Waals surface area contributed by atoms with Gasteiger partial charge in [-0.25, -0.2) is 0 Å². The fourth-order valence-electron chi connectivity index (χ4n) is 2.68. The molecule has 2 nitrogen and oxygen atoms in total. The van der Waals surface area contributed by atoms with Gasteiger partial charge in [0.1, 0.15) is 0 Å². The molecule has 1 fully saturated rings. The van der Waals surface area contributed by atoms with Gasteiger partial charge in [-0.1, -0.05) is 13.2 Å². The molecular weight excluding hydrogens is 196 g/mol. The first-order valence-corrected chi connectivity index (χ1v) is 6.40. The van der Waals surface area contributed by atoms with Gasteiger partial charge in [0.2, 0.25) is 0 Å². The molecule has 0 aromatic rings. The van der Waals surface area contributed by atoms with E-state index in [-0.39, 0.29) is 0 Å². The lowest BCUT2D eigenvalue weighted by molar-refractivity contribution is 0.355. The normalized spacial score (nSPS) is 25.6. The molecule has 3 rings (SSSR count). The molecule has 1 heterocycles. The van der Waals surface area contributed by atoms with Crippen LogP contribution in [0.15, 0.2) is 35.9 Å². The van der Waals surface area contributed by atoms with Crippen molar-refractivity contribution in [2.45, 2.75) is 38.5 Å². The van der Waals surface area contributed by atoms with Gasteiger partial charge in [0, 0.05) is 17.9 Å². The number of hydrogen-bond acceptors (Lipinski definition) is 2. The third-order valence-corrected chi connectivity index (χ3v) is 3.88. The van der Waals surface area contributed by atoms with Crippen molar-refractivity contribution in [3.05, 3.63) is 35.9 Å². The van der Waals surface area contributed by atoms with E-state index in [0.29, 0.717) is 0 Å². The van der Waals surface area contributed by atoms with E-state index in [1.807, 2.05) is 0 Å². The lowest BCUT2D eigenvalue weighted by Crippen LogP contribution is -2.37. The summed E-state index contributed by atoms with van der Waals surface area (Å²) in [6.07, 6.45) is 7.81. The molecule has 0 aromatic heterocycles. The maximum Gasteiger partial charge on any atom is 0.0568 e. The third kappa shape index (κ3) is 1.66. The summed E-state index contributed by atoms with van der Waals surface area (Å²) in [6, 6.07) is 0. The van der Waals surface area contributed by atoms with Crippen LogP contribution in [0, 0.1) is 5.92 Å². The Morgan fingerprint density at radius 2 is 1.94 bits per heavy atom. The lowest BCUT2D eigenvalue weighted by atomic mass is 9.97. The van der Waals surface area contributed by atoms with E-state index in [2.05, 4.69) is 23.4 Å². The highest BCUT2D eigenvalue weighted by molar-refractivity contribution is 5.37. The monoisotopic (exact) mass is 216 g/mol. The van der Waals surface area contributed by atoms with Gasteiger partial charge in [-0.2, -0.15) is 0 Å². The van der Waals surface area contributed by atoms with Crippen LogP contribution >= 0.6 is 0 Å². The molecule has 0 atom stereocenters. The maximum atomic E-state index is 4.18. The summed E-state index contributed by atoms with van der Waals surface area (Å²) < 4.78 is 0. The van der Waals surface area contributed by atoms with Crippen LogP contribution in [-0.2, 0) is 0 Å². The first-order chi connectivity index (χ1) is 7.75. The van der Waals surface area contributed by atoms with E-state index in [9.17, 15) is 0 Å². The van der Waals surface area contributed by atoms with E-state index < -0.39 is 0 Å². The molecule has 1 aliphatic heterocycles. The van der Waals surface area contributed by atoms with Gasteiger partial charge in [0.15, 0.2) is 0 Å². The van der Waals surface area contributed by atoms with Gasteiger partial charge in [-0.15, -0.1) is 0 Å². The van der Waals surface area contributed by atoms with Crippen molar-refractivity contribution < 1.29 is 0 Å².